The molecule has 0 radical (unpaired) electrons. The van der Waals surface area contributed by atoms with Crippen LogP contribution in [0.5, 0.6) is 0 Å². The van der Waals surface area contributed by atoms with Gasteiger partial charge in [0.25, 0.3) is 0 Å². The van der Waals surface area contributed by atoms with Gasteiger partial charge in [-0.25, -0.2) is 0 Å². The molecule has 0 aromatic heterocycles. The van der Waals surface area contributed by atoms with Crippen molar-refractivity contribution in [1.29, 1.82) is 0 Å². The second-order valence-electron chi connectivity index (χ2n) is 9.79. The fraction of sp³-hybridized carbons (Fsp3) is 0.640. The SMILES string of the molecule is COC(=O)C(CC(=O)[C@H]1C2CC(=O)N3CCCc4cc(C)ccc4C23C[C@@H]1C)[C@H](C)O. The molecule has 6 nitrogen and oxygen atoms in total. The van der Waals surface area contributed by atoms with Crippen LogP contribution in [0.15, 0.2) is 18.2 Å². The number of aryl methyl sites for hydroxylation is 2. The predicted molar refractivity (Wildman–Crippen MR) is 115 cm³/mol. The van der Waals surface area contributed by atoms with Crippen LogP contribution in [0.25, 0.3) is 0 Å². The van der Waals surface area contributed by atoms with Crippen LogP contribution in [0.4, 0.5) is 0 Å². The highest BCUT2D eigenvalue weighted by atomic mass is 16.5. The highest BCUT2D eigenvalue weighted by Gasteiger charge is 2.64. The number of rotatable bonds is 5. The van der Waals surface area contributed by atoms with Gasteiger partial charge in [-0.15, -0.1) is 0 Å². The molecular weight excluding hydrogens is 394 g/mol. The molecule has 2 heterocycles. The number of fused-ring (bicyclic) bond motifs is 1. The molecule has 0 bridgehead atoms. The number of carbonyl (C=O) groups is 3. The predicted octanol–water partition coefficient (Wildman–Crippen LogP) is 2.77. The van der Waals surface area contributed by atoms with Crippen LogP contribution < -0.4 is 0 Å². The lowest BCUT2D eigenvalue weighted by molar-refractivity contribution is -0.151. The molecule has 1 aromatic carbocycles. The number of aliphatic hydroxyl groups excluding tert-OH is 1. The number of amides is 1. The quantitative estimate of drug-likeness (QED) is 0.731. The van der Waals surface area contributed by atoms with Crippen molar-refractivity contribution in [3.8, 4) is 0 Å². The average molecular weight is 428 g/mol. The third-order valence-electron chi connectivity index (χ3n) is 7.90. The van der Waals surface area contributed by atoms with E-state index in [0.717, 1.165) is 25.8 Å². The van der Waals surface area contributed by atoms with E-state index in [9.17, 15) is 19.5 Å². The van der Waals surface area contributed by atoms with Crippen molar-refractivity contribution >= 4 is 17.7 Å². The van der Waals surface area contributed by atoms with Crippen molar-refractivity contribution in [2.45, 2.75) is 64.5 Å². The maximum absolute atomic E-state index is 13.5. The number of hydrogen-bond acceptors (Lipinski definition) is 5. The van der Waals surface area contributed by atoms with Gasteiger partial charge in [0.2, 0.25) is 5.91 Å². The summed E-state index contributed by atoms with van der Waals surface area (Å²) in [5, 5.41) is 10.1. The molecule has 6 heteroatoms. The number of nitrogens with zero attached hydrogens (tertiary/aromatic N) is 1. The lowest BCUT2D eigenvalue weighted by Crippen LogP contribution is -2.45. The van der Waals surface area contributed by atoms with Crippen molar-refractivity contribution < 1.29 is 24.2 Å². The summed E-state index contributed by atoms with van der Waals surface area (Å²) in [5.41, 5.74) is 3.26. The maximum Gasteiger partial charge on any atom is 0.311 e. The van der Waals surface area contributed by atoms with E-state index in [-0.39, 0.29) is 35.9 Å². The van der Waals surface area contributed by atoms with E-state index >= 15 is 0 Å². The van der Waals surface area contributed by atoms with Crippen LogP contribution >= 0.6 is 0 Å². The minimum Gasteiger partial charge on any atom is -0.469 e. The van der Waals surface area contributed by atoms with Crippen molar-refractivity contribution in [3.63, 3.8) is 0 Å². The van der Waals surface area contributed by atoms with Gasteiger partial charge >= 0.3 is 5.97 Å². The average Bonchev–Trinajstić information content (AvgIpc) is 3.07. The minimum absolute atomic E-state index is 0.0433. The van der Waals surface area contributed by atoms with Crippen molar-refractivity contribution in [2.24, 2.45) is 23.7 Å². The Morgan fingerprint density at radius 1 is 1.35 bits per heavy atom. The van der Waals surface area contributed by atoms with Gasteiger partial charge in [-0.2, -0.15) is 0 Å². The van der Waals surface area contributed by atoms with Crippen LogP contribution in [0.3, 0.4) is 0 Å². The van der Waals surface area contributed by atoms with Gasteiger partial charge in [-0.05, 0) is 50.2 Å². The summed E-state index contributed by atoms with van der Waals surface area (Å²) in [4.78, 5) is 40.8. The number of benzene rings is 1. The van der Waals surface area contributed by atoms with Gasteiger partial charge in [-0.1, -0.05) is 30.7 Å². The van der Waals surface area contributed by atoms with E-state index < -0.39 is 23.5 Å². The zero-order valence-electron chi connectivity index (χ0n) is 18.9. The number of ether oxygens (including phenoxy) is 1. The van der Waals surface area contributed by atoms with E-state index in [1.165, 1.54) is 30.7 Å². The normalized spacial score (nSPS) is 31.3. The fourth-order valence-corrected chi connectivity index (χ4v) is 6.65. The van der Waals surface area contributed by atoms with Crippen molar-refractivity contribution in [2.75, 3.05) is 13.7 Å². The molecule has 1 aliphatic carbocycles. The molecule has 3 aliphatic rings. The van der Waals surface area contributed by atoms with Gasteiger partial charge in [0.05, 0.1) is 24.7 Å². The summed E-state index contributed by atoms with van der Waals surface area (Å²) in [5.74, 6) is -1.68. The smallest absolute Gasteiger partial charge is 0.311 e. The number of Topliss-reactive ketones (excluding diaryl/α,β-unsaturated/α-hetero) is 1. The van der Waals surface area contributed by atoms with Crippen LogP contribution in [0.1, 0.15) is 56.2 Å². The van der Waals surface area contributed by atoms with Crippen LogP contribution in [0.2, 0.25) is 0 Å². The van der Waals surface area contributed by atoms with Crippen molar-refractivity contribution in [1.82, 2.24) is 4.90 Å². The summed E-state index contributed by atoms with van der Waals surface area (Å²) in [6, 6.07) is 6.51. The van der Waals surface area contributed by atoms with E-state index in [1.54, 1.807) is 0 Å². The Hall–Kier alpha value is -2.21. The number of carbonyl (C=O) groups excluding carboxylic acids is 3. The molecule has 6 atom stereocenters. The summed E-state index contributed by atoms with van der Waals surface area (Å²) in [7, 11) is 1.27. The Morgan fingerprint density at radius 2 is 2.10 bits per heavy atom. The molecule has 1 spiro atoms. The number of ketones is 1. The van der Waals surface area contributed by atoms with E-state index in [2.05, 4.69) is 36.9 Å². The fourth-order valence-electron chi connectivity index (χ4n) is 6.65. The first-order valence-electron chi connectivity index (χ1n) is 11.4. The molecule has 1 amide bonds. The highest BCUT2D eigenvalue weighted by molar-refractivity contribution is 5.90. The zero-order valence-corrected chi connectivity index (χ0v) is 18.9. The summed E-state index contributed by atoms with van der Waals surface area (Å²) < 4.78 is 4.81. The second kappa shape index (κ2) is 8.05. The molecule has 3 unspecified atom stereocenters. The molecule has 2 fully saturated rings. The Bertz CT molecular complexity index is 909. The van der Waals surface area contributed by atoms with Crippen LogP contribution in [-0.4, -0.2) is 47.4 Å². The first-order chi connectivity index (χ1) is 14.7. The molecule has 2 aliphatic heterocycles. The van der Waals surface area contributed by atoms with Gasteiger partial charge < -0.3 is 14.7 Å². The largest absolute Gasteiger partial charge is 0.469 e. The van der Waals surface area contributed by atoms with Crippen LogP contribution in [0, 0.1) is 30.6 Å². The molecule has 1 saturated carbocycles. The molecule has 1 saturated heterocycles. The number of hydrogen-bond donors (Lipinski definition) is 1. The Labute approximate surface area is 183 Å². The maximum atomic E-state index is 13.5. The third-order valence-corrected chi connectivity index (χ3v) is 7.90. The van der Waals surface area contributed by atoms with Crippen LogP contribution in [-0.2, 0) is 31.1 Å². The molecule has 168 valence electrons. The monoisotopic (exact) mass is 427 g/mol. The molecule has 31 heavy (non-hydrogen) atoms. The van der Waals surface area contributed by atoms with E-state index in [0.29, 0.717) is 6.42 Å². The molecule has 1 N–H and O–H groups in total. The van der Waals surface area contributed by atoms with E-state index in [1.807, 2.05) is 0 Å². The summed E-state index contributed by atoms with van der Waals surface area (Å²) in [6.45, 7) is 6.41. The van der Waals surface area contributed by atoms with Gasteiger partial charge in [0.15, 0.2) is 0 Å². The third kappa shape index (κ3) is 3.39. The van der Waals surface area contributed by atoms with E-state index in [4.69, 9.17) is 4.74 Å². The highest BCUT2D eigenvalue weighted by Crippen LogP contribution is 2.60. The molecular formula is C25H33NO5. The number of methoxy groups -OCH3 is 1. The topological polar surface area (TPSA) is 83.9 Å². The first kappa shape index (κ1) is 22.0. The number of esters is 1. The second-order valence-corrected chi connectivity index (χ2v) is 9.79. The van der Waals surface area contributed by atoms with Crippen molar-refractivity contribution in [3.05, 3.63) is 34.9 Å². The standard InChI is InChI=1S/C25H33NO5/c1-14-7-8-19-17(10-14)6-5-9-26-22(29)12-20-23(15(2)13-25(19,20)26)21(28)11-18(16(3)27)24(30)31-4/h7-8,10,15-16,18,20,23,27H,5-6,9,11-13H2,1-4H3/t15-,16-,18?,20?,23+,25?/m0/s1. The van der Waals surface area contributed by atoms with Gasteiger partial charge in [0.1, 0.15) is 5.78 Å². The zero-order chi connectivity index (χ0) is 22.5. The number of aliphatic hydroxyl groups is 1. The Kier molecular flexibility index (Phi) is 5.71. The van der Waals surface area contributed by atoms with Gasteiger partial charge in [-0.3, -0.25) is 14.4 Å². The summed E-state index contributed by atoms with van der Waals surface area (Å²) >= 11 is 0. The summed E-state index contributed by atoms with van der Waals surface area (Å²) in [6.07, 6.45) is 1.97. The lowest BCUT2D eigenvalue weighted by Gasteiger charge is -2.39. The molecule has 1 aromatic rings. The van der Waals surface area contributed by atoms with Gasteiger partial charge in [0, 0.05) is 31.2 Å². The Morgan fingerprint density at radius 3 is 2.77 bits per heavy atom. The lowest BCUT2D eigenvalue weighted by atomic mass is 9.74. The first-order valence-corrected chi connectivity index (χ1v) is 11.4. The minimum atomic E-state index is -0.967. The Balaban J connectivity index is 1.73. The molecule has 4 rings (SSSR count).